The highest BCUT2D eigenvalue weighted by Gasteiger charge is 2.10. The monoisotopic (exact) mass is 298 g/mol. The second kappa shape index (κ2) is 5.54. The van der Waals surface area contributed by atoms with Crippen LogP contribution in [0.2, 0.25) is 0 Å². The minimum absolute atomic E-state index is 0.234. The SMILES string of the molecule is Oc1ccc(-c2nc(-c3ccccc3)c3ccccc3n2)cc1. The Balaban J connectivity index is 1.99. The predicted molar refractivity (Wildman–Crippen MR) is 92.1 cm³/mol. The van der Waals surface area contributed by atoms with Crippen molar-refractivity contribution >= 4 is 10.9 Å². The van der Waals surface area contributed by atoms with Crippen molar-refractivity contribution in [3.05, 3.63) is 78.9 Å². The lowest BCUT2D eigenvalue weighted by Crippen LogP contribution is -1.94. The van der Waals surface area contributed by atoms with Crippen LogP contribution in [-0.4, -0.2) is 15.1 Å². The Bertz CT molecular complexity index is 964. The van der Waals surface area contributed by atoms with Crippen LogP contribution >= 0.6 is 0 Å². The van der Waals surface area contributed by atoms with E-state index in [-0.39, 0.29) is 5.75 Å². The summed E-state index contributed by atoms with van der Waals surface area (Å²) in [5, 5.41) is 10.5. The lowest BCUT2D eigenvalue weighted by molar-refractivity contribution is 0.475. The quantitative estimate of drug-likeness (QED) is 0.585. The number of aromatic nitrogens is 2. The first-order valence-electron chi connectivity index (χ1n) is 7.43. The molecular formula is C20H14N2O. The Kier molecular flexibility index (Phi) is 3.24. The highest BCUT2D eigenvalue weighted by Crippen LogP contribution is 2.29. The first kappa shape index (κ1) is 13.5. The zero-order valence-electron chi connectivity index (χ0n) is 12.3. The molecule has 0 aliphatic heterocycles. The van der Waals surface area contributed by atoms with Gasteiger partial charge < -0.3 is 5.11 Å². The number of phenols is 1. The van der Waals surface area contributed by atoms with E-state index < -0.39 is 0 Å². The molecule has 0 fully saturated rings. The Hall–Kier alpha value is -3.20. The van der Waals surface area contributed by atoms with E-state index in [1.807, 2.05) is 54.6 Å². The third-order valence-corrected chi connectivity index (χ3v) is 3.78. The average molecular weight is 298 g/mol. The standard InChI is InChI=1S/C20H14N2O/c23-16-12-10-15(11-13-16)20-21-18-9-5-4-8-17(18)19(22-20)14-6-2-1-3-7-14/h1-13,23H. The van der Waals surface area contributed by atoms with Crippen molar-refractivity contribution in [3.8, 4) is 28.4 Å². The summed E-state index contributed by atoms with van der Waals surface area (Å²) in [6.45, 7) is 0. The lowest BCUT2D eigenvalue weighted by Gasteiger charge is -2.09. The van der Waals surface area contributed by atoms with E-state index in [0.717, 1.165) is 27.7 Å². The molecule has 1 N–H and O–H groups in total. The number of benzene rings is 3. The summed E-state index contributed by atoms with van der Waals surface area (Å²) in [6, 6.07) is 25.1. The molecular weight excluding hydrogens is 284 g/mol. The number of nitrogens with zero attached hydrogens (tertiary/aromatic N) is 2. The third kappa shape index (κ3) is 2.53. The molecule has 4 aromatic rings. The summed E-state index contributed by atoms with van der Waals surface area (Å²) in [6.07, 6.45) is 0. The number of hydrogen-bond donors (Lipinski definition) is 1. The van der Waals surface area contributed by atoms with Gasteiger partial charge in [-0.1, -0.05) is 48.5 Å². The van der Waals surface area contributed by atoms with Gasteiger partial charge in [0.15, 0.2) is 5.82 Å². The molecule has 3 aromatic carbocycles. The number of phenolic OH excluding ortho intramolecular Hbond substituents is 1. The van der Waals surface area contributed by atoms with E-state index in [1.54, 1.807) is 12.1 Å². The molecule has 3 nitrogen and oxygen atoms in total. The predicted octanol–water partition coefficient (Wildman–Crippen LogP) is 4.67. The van der Waals surface area contributed by atoms with Gasteiger partial charge in [-0.25, -0.2) is 9.97 Å². The Morgan fingerprint density at radius 3 is 2.09 bits per heavy atom. The molecule has 0 atom stereocenters. The van der Waals surface area contributed by atoms with E-state index in [2.05, 4.69) is 17.1 Å². The molecule has 4 rings (SSSR count). The van der Waals surface area contributed by atoms with Gasteiger partial charge in [-0.05, 0) is 30.3 Å². The summed E-state index contributed by atoms with van der Waals surface area (Å²) >= 11 is 0. The number of rotatable bonds is 2. The smallest absolute Gasteiger partial charge is 0.160 e. The molecule has 0 saturated heterocycles. The van der Waals surface area contributed by atoms with Crippen LogP contribution in [0.5, 0.6) is 5.75 Å². The molecule has 0 amide bonds. The van der Waals surface area contributed by atoms with Gasteiger partial charge in [0, 0.05) is 16.5 Å². The van der Waals surface area contributed by atoms with Gasteiger partial charge in [0.05, 0.1) is 11.2 Å². The summed E-state index contributed by atoms with van der Waals surface area (Å²) in [7, 11) is 0. The fraction of sp³-hybridized carbons (Fsp3) is 0. The lowest BCUT2D eigenvalue weighted by atomic mass is 10.1. The highest BCUT2D eigenvalue weighted by molar-refractivity contribution is 5.93. The maximum absolute atomic E-state index is 9.47. The van der Waals surface area contributed by atoms with Crippen LogP contribution in [0.25, 0.3) is 33.5 Å². The summed E-state index contributed by atoms with van der Waals surface area (Å²) in [5.41, 5.74) is 3.76. The van der Waals surface area contributed by atoms with Crippen molar-refractivity contribution in [2.45, 2.75) is 0 Å². The largest absolute Gasteiger partial charge is 0.508 e. The summed E-state index contributed by atoms with van der Waals surface area (Å²) in [5.74, 6) is 0.889. The van der Waals surface area contributed by atoms with Gasteiger partial charge in [-0.15, -0.1) is 0 Å². The van der Waals surface area contributed by atoms with Crippen molar-refractivity contribution in [2.24, 2.45) is 0 Å². The number of aromatic hydroxyl groups is 1. The molecule has 1 aromatic heterocycles. The molecule has 0 aliphatic carbocycles. The second-order valence-corrected chi connectivity index (χ2v) is 5.33. The van der Waals surface area contributed by atoms with E-state index >= 15 is 0 Å². The zero-order chi connectivity index (χ0) is 15.6. The summed E-state index contributed by atoms with van der Waals surface area (Å²) in [4.78, 5) is 9.45. The van der Waals surface area contributed by atoms with Crippen molar-refractivity contribution in [1.29, 1.82) is 0 Å². The maximum atomic E-state index is 9.47. The molecule has 0 radical (unpaired) electrons. The van der Waals surface area contributed by atoms with Gasteiger partial charge in [0.1, 0.15) is 5.75 Å². The van der Waals surface area contributed by atoms with Gasteiger partial charge in [-0.3, -0.25) is 0 Å². The van der Waals surface area contributed by atoms with Crippen LogP contribution in [0.15, 0.2) is 78.9 Å². The topological polar surface area (TPSA) is 46.0 Å². The molecule has 0 bridgehead atoms. The van der Waals surface area contributed by atoms with Crippen molar-refractivity contribution < 1.29 is 5.11 Å². The van der Waals surface area contributed by atoms with E-state index in [0.29, 0.717) is 5.82 Å². The molecule has 23 heavy (non-hydrogen) atoms. The number of hydrogen-bond acceptors (Lipinski definition) is 3. The molecule has 0 unspecified atom stereocenters. The van der Waals surface area contributed by atoms with Gasteiger partial charge in [-0.2, -0.15) is 0 Å². The van der Waals surface area contributed by atoms with Crippen molar-refractivity contribution in [3.63, 3.8) is 0 Å². The van der Waals surface area contributed by atoms with E-state index in [1.165, 1.54) is 0 Å². The Labute approximate surface area is 133 Å². The summed E-state index contributed by atoms with van der Waals surface area (Å²) < 4.78 is 0. The number of fused-ring (bicyclic) bond motifs is 1. The maximum Gasteiger partial charge on any atom is 0.160 e. The zero-order valence-corrected chi connectivity index (χ0v) is 12.3. The van der Waals surface area contributed by atoms with Crippen LogP contribution < -0.4 is 0 Å². The molecule has 110 valence electrons. The van der Waals surface area contributed by atoms with Crippen molar-refractivity contribution in [1.82, 2.24) is 9.97 Å². The van der Waals surface area contributed by atoms with Crippen molar-refractivity contribution in [2.75, 3.05) is 0 Å². The minimum Gasteiger partial charge on any atom is -0.508 e. The minimum atomic E-state index is 0.234. The first-order chi connectivity index (χ1) is 11.3. The van der Waals surface area contributed by atoms with E-state index in [9.17, 15) is 5.11 Å². The Morgan fingerprint density at radius 2 is 1.30 bits per heavy atom. The molecule has 3 heteroatoms. The van der Waals surface area contributed by atoms with Gasteiger partial charge in [0.2, 0.25) is 0 Å². The van der Waals surface area contributed by atoms with E-state index in [4.69, 9.17) is 4.98 Å². The highest BCUT2D eigenvalue weighted by atomic mass is 16.3. The molecule has 0 saturated carbocycles. The van der Waals surface area contributed by atoms with Crippen LogP contribution in [0.4, 0.5) is 0 Å². The molecule has 0 spiro atoms. The van der Waals surface area contributed by atoms with Crippen LogP contribution in [0.1, 0.15) is 0 Å². The van der Waals surface area contributed by atoms with Crippen LogP contribution in [-0.2, 0) is 0 Å². The van der Waals surface area contributed by atoms with Gasteiger partial charge >= 0.3 is 0 Å². The number of para-hydroxylation sites is 1. The fourth-order valence-corrected chi connectivity index (χ4v) is 2.63. The van der Waals surface area contributed by atoms with Gasteiger partial charge in [0.25, 0.3) is 0 Å². The molecule has 0 aliphatic rings. The third-order valence-electron chi connectivity index (χ3n) is 3.78. The Morgan fingerprint density at radius 1 is 0.609 bits per heavy atom. The molecule has 1 heterocycles. The van der Waals surface area contributed by atoms with Crippen LogP contribution in [0.3, 0.4) is 0 Å². The fourth-order valence-electron chi connectivity index (χ4n) is 2.63. The first-order valence-corrected chi connectivity index (χ1v) is 7.43. The average Bonchev–Trinajstić information content (AvgIpc) is 2.62. The normalized spacial score (nSPS) is 10.8. The second-order valence-electron chi connectivity index (χ2n) is 5.33. The van der Waals surface area contributed by atoms with Crippen LogP contribution in [0, 0.1) is 0 Å².